The molecule has 1 heterocycles. The van der Waals surface area contributed by atoms with Gasteiger partial charge >= 0.3 is 5.97 Å². The quantitative estimate of drug-likeness (QED) is 0.162. The minimum Gasteiger partial charge on any atom is -0.499 e. The van der Waals surface area contributed by atoms with Gasteiger partial charge in [-0.15, -0.1) is 19.4 Å². The zero-order valence-corrected chi connectivity index (χ0v) is 25.9. The number of carbonyl (C=O) groups excluding carboxylic acids is 1. The van der Waals surface area contributed by atoms with Crippen molar-refractivity contribution in [1.82, 2.24) is 0 Å². The van der Waals surface area contributed by atoms with Gasteiger partial charge in [-0.25, -0.2) is 0 Å². The zero-order valence-electron chi connectivity index (χ0n) is 25.9. The molecule has 0 saturated heterocycles. The van der Waals surface area contributed by atoms with E-state index in [1.165, 1.54) is 7.11 Å². The SMILES string of the molecule is C#C.C=C(CO)OC.C=CC[C@H]1O[C@H](CCc2ccc(CCC(=O)O)cc2)C(=O)N(CC(C)(C)CO)c2ccc(C)cc21. The van der Waals surface area contributed by atoms with Crippen LogP contribution in [0.3, 0.4) is 0 Å². The van der Waals surface area contributed by atoms with Crippen molar-refractivity contribution >= 4 is 17.6 Å². The van der Waals surface area contributed by atoms with E-state index in [1.807, 2.05) is 63.2 Å². The molecule has 2 atom stereocenters. The van der Waals surface area contributed by atoms with Crippen LogP contribution in [-0.2, 0) is 31.9 Å². The van der Waals surface area contributed by atoms with Gasteiger partial charge in [-0.2, -0.15) is 0 Å². The first-order chi connectivity index (χ1) is 20.4. The van der Waals surface area contributed by atoms with Crippen LogP contribution in [0.5, 0.6) is 0 Å². The highest BCUT2D eigenvalue weighted by atomic mass is 16.5. The van der Waals surface area contributed by atoms with Gasteiger partial charge in [0.05, 0.1) is 19.8 Å². The number of methoxy groups -OCH3 is 1. The van der Waals surface area contributed by atoms with E-state index in [0.717, 1.165) is 27.9 Å². The summed E-state index contributed by atoms with van der Waals surface area (Å²) in [6, 6.07) is 13.9. The average molecular weight is 594 g/mol. The van der Waals surface area contributed by atoms with Gasteiger partial charge < -0.3 is 29.7 Å². The number of aliphatic hydroxyl groups excluding tert-OH is 2. The Labute approximate surface area is 256 Å². The van der Waals surface area contributed by atoms with E-state index >= 15 is 0 Å². The number of fused-ring (bicyclic) bond motifs is 1. The van der Waals surface area contributed by atoms with Crippen molar-refractivity contribution in [2.24, 2.45) is 5.41 Å². The molecule has 0 spiro atoms. The van der Waals surface area contributed by atoms with Crippen LogP contribution in [-0.4, -0.2) is 60.2 Å². The summed E-state index contributed by atoms with van der Waals surface area (Å²) in [6.07, 6.45) is 11.3. The minimum absolute atomic E-state index is 0.0339. The number of benzene rings is 2. The Hall–Kier alpha value is -3.90. The highest BCUT2D eigenvalue weighted by Crippen LogP contribution is 2.38. The van der Waals surface area contributed by atoms with Gasteiger partial charge in [-0.3, -0.25) is 9.59 Å². The summed E-state index contributed by atoms with van der Waals surface area (Å²) in [4.78, 5) is 26.4. The van der Waals surface area contributed by atoms with Crippen LogP contribution in [0.4, 0.5) is 5.69 Å². The number of aliphatic hydroxyl groups is 2. The van der Waals surface area contributed by atoms with E-state index in [1.54, 1.807) is 4.90 Å². The second-order valence-electron chi connectivity index (χ2n) is 11.1. The summed E-state index contributed by atoms with van der Waals surface area (Å²) in [6.45, 7) is 13.4. The van der Waals surface area contributed by atoms with Crippen molar-refractivity contribution in [1.29, 1.82) is 0 Å². The highest BCUT2D eigenvalue weighted by molar-refractivity contribution is 5.98. The van der Waals surface area contributed by atoms with Gasteiger partial charge in [0.2, 0.25) is 0 Å². The molecule has 1 amide bonds. The number of carboxylic acids is 1. The Balaban J connectivity index is 0.00000103. The molecule has 1 aliphatic heterocycles. The number of hydrogen-bond acceptors (Lipinski definition) is 6. The monoisotopic (exact) mass is 593 g/mol. The number of nitrogens with zero attached hydrogens (tertiary/aromatic N) is 1. The number of aliphatic carboxylic acids is 1. The molecular formula is C35H47NO7. The Bertz CT molecular complexity index is 1210. The number of rotatable bonds is 13. The molecule has 8 heteroatoms. The first-order valence-electron chi connectivity index (χ1n) is 14.2. The number of ether oxygens (including phenoxy) is 2. The molecule has 234 valence electrons. The average Bonchev–Trinajstić information content (AvgIpc) is 3.10. The third kappa shape index (κ3) is 12.1. The third-order valence-corrected chi connectivity index (χ3v) is 6.90. The Morgan fingerprint density at radius 1 is 1.09 bits per heavy atom. The van der Waals surface area contributed by atoms with Gasteiger partial charge in [0, 0.05) is 36.2 Å². The summed E-state index contributed by atoms with van der Waals surface area (Å²) < 4.78 is 10.9. The predicted octanol–water partition coefficient (Wildman–Crippen LogP) is 5.40. The Kier molecular flexibility index (Phi) is 16.1. The lowest BCUT2D eigenvalue weighted by Gasteiger charge is -2.32. The smallest absolute Gasteiger partial charge is 0.303 e. The second-order valence-corrected chi connectivity index (χ2v) is 11.1. The summed E-state index contributed by atoms with van der Waals surface area (Å²) in [5, 5.41) is 26.9. The Morgan fingerprint density at radius 3 is 2.19 bits per heavy atom. The fourth-order valence-corrected chi connectivity index (χ4v) is 4.45. The maximum Gasteiger partial charge on any atom is 0.303 e. The molecule has 0 radical (unpaired) electrons. The number of hydrogen-bond donors (Lipinski definition) is 3. The zero-order chi connectivity index (χ0) is 32.6. The fourth-order valence-electron chi connectivity index (χ4n) is 4.45. The molecule has 0 aliphatic carbocycles. The van der Waals surface area contributed by atoms with E-state index in [2.05, 4.69) is 36.8 Å². The molecule has 3 rings (SSSR count). The van der Waals surface area contributed by atoms with Crippen LogP contribution in [0, 0.1) is 25.2 Å². The molecule has 2 aromatic carbocycles. The number of carboxylic acid groups (broad SMARTS) is 1. The third-order valence-electron chi connectivity index (χ3n) is 6.90. The summed E-state index contributed by atoms with van der Waals surface area (Å²) >= 11 is 0. The van der Waals surface area contributed by atoms with E-state index in [9.17, 15) is 14.7 Å². The normalized spacial score (nSPS) is 15.9. The van der Waals surface area contributed by atoms with Gasteiger partial charge in [-0.05, 0) is 49.8 Å². The van der Waals surface area contributed by atoms with Crippen molar-refractivity contribution in [3.05, 3.63) is 89.7 Å². The molecule has 43 heavy (non-hydrogen) atoms. The number of aryl methyl sites for hydroxylation is 3. The number of anilines is 1. The van der Waals surface area contributed by atoms with Crippen molar-refractivity contribution < 1.29 is 34.4 Å². The summed E-state index contributed by atoms with van der Waals surface area (Å²) in [7, 11) is 1.47. The lowest BCUT2D eigenvalue weighted by Crippen LogP contribution is -2.45. The fraction of sp³-hybridized carbons (Fsp3) is 0.429. The topological polar surface area (TPSA) is 117 Å². The van der Waals surface area contributed by atoms with Crippen LogP contribution in [0.1, 0.15) is 61.5 Å². The first kappa shape index (κ1) is 37.1. The van der Waals surface area contributed by atoms with Gasteiger partial charge in [-0.1, -0.05) is 68.5 Å². The number of carbonyl (C=O) groups is 2. The van der Waals surface area contributed by atoms with Crippen molar-refractivity contribution in [2.75, 3.05) is 31.8 Å². The predicted molar refractivity (Wildman–Crippen MR) is 171 cm³/mol. The lowest BCUT2D eigenvalue weighted by molar-refractivity contribution is -0.137. The molecule has 0 fully saturated rings. The van der Waals surface area contributed by atoms with Gasteiger partial charge in [0.1, 0.15) is 11.9 Å². The van der Waals surface area contributed by atoms with Crippen molar-refractivity contribution in [3.8, 4) is 12.8 Å². The first-order valence-corrected chi connectivity index (χ1v) is 14.2. The van der Waals surface area contributed by atoms with E-state index in [-0.39, 0.29) is 31.6 Å². The number of terminal acetylenes is 1. The van der Waals surface area contributed by atoms with Crippen LogP contribution in [0.15, 0.2) is 67.5 Å². The van der Waals surface area contributed by atoms with E-state index < -0.39 is 17.5 Å². The van der Waals surface area contributed by atoms with Crippen molar-refractivity contribution in [2.45, 2.75) is 65.1 Å². The number of amides is 1. The summed E-state index contributed by atoms with van der Waals surface area (Å²) in [5.74, 6) is -0.506. The largest absolute Gasteiger partial charge is 0.499 e. The van der Waals surface area contributed by atoms with Crippen LogP contribution >= 0.6 is 0 Å². The molecule has 3 N–H and O–H groups in total. The van der Waals surface area contributed by atoms with E-state index in [0.29, 0.717) is 38.0 Å². The maximum absolute atomic E-state index is 13.8. The van der Waals surface area contributed by atoms with Gasteiger partial charge in [0.25, 0.3) is 5.91 Å². The molecule has 1 aliphatic rings. The molecule has 0 saturated carbocycles. The van der Waals surface area contributed by atoms with E-state index in [4.69, 9.17) is 14.9 Å². The van der Waals surface area contributed by atoms with Gasteiger partial charge in [0.15, 0.2) is 0 Å². The molecule has 0 bridgehead atoms. The van der Waals surface area contributed by atoms with Crippen LogP contribution < -0.4 is 4.90 Å². The van der Waals surface area contributed by atoms with Crippen LogP contribution in [0.25, 0.3) is 0 Å². The second kappa shape index (κ2) is 18.6. The molecule has 8 nitrogen and oxygen atoms in total. The Morgan fingerprint density at radius 2 is 1.70 bits per heavy atom. The standard InChI is InChI=1S/C29H37NO5.C4H8O2.C2H2/c1-5-6-25-23-17-20(2)7-14-24(23)30(18-29(3,4)19-31)28(34)26(35-25)15-12-21-8-10-22(11-9-21)13-16-27(32)33;1-4(3-5)6-2;1-2/h5,7-11,14,17,25-26,31H,1,6,12-13,15-16,18-19H2,2-4H3,(H,32,33);5H,1,3H2,2H3;1-2H/t25-,26-;;/m1../s1. The molecule has 2 aromatic rings. The lowest BCUT2D eigenvalue weighted by atomic mass is 9.92. The maximum atomic E-state index is 13.8. The highest BCUT2D eigenvalue weighted by Gasteiger charge is 2.37. The van der Waals surface area contributed by atoms with Crippen LogP contribution in [0.2, 0.25) is 0 Å². The molecule has 0 aromatic heterocycles. The molecule has 0 unspecified atom stereocenters. The molecular weight excluding hydrogens is 546 g/mol. The van der Waals surface area contributed by atoms with Crippen molar-refractivity contribution in [3.63, 3.8) is 0 Å². The summed E-state index contributed by atoms with van der Waals surface area (Å²) in [5.41, 5.74) is 4.48. The minimum atomic E-state index is -0.808.